The third-order valence-corrected chi connectivity index (χ3v) is 10.8. The molecule has 4 fully saturated rings. The molecule has 4 saturated carbocycles. The molecule has 0 radical (unpaired) electrons. The van der Waals surface area contributed by atoms with Crippen LogP contribution < -0.4 is 0 Å². The van der Waals surface area contributed by atoms with Crippen LogP contribution in [-0.4, -0.2) is 17.9 Å². The molecule has 0 aliphatic heterocycles. The Morgan fingerprint density at radius 3 is 2.28 bits per heavy atom. The summed E-state index contributed by atoms with van der Waals surface area (Å²) in [6.07, 6.45) is 15.7. The zero-order valence-corrected chi connectivity index (χ0v) is 21.4. The molecule has 3 heteroatoms. The fourth-order valence-electron chi connectivity index (χ4n) is 9.04. The van der Waals surface area contributed by atoms with Gasteiger partial charge < -0.3 is 4.74 Å². The Balaban J connectivity index is 1.47. The lowest BCUT2D eigenvalue weighted by molar-refractivity contribution is -0.160. The molecule has 0 spiro atoms. The summed E-state index contributed by atoms with van der Waals surface area (Å²) >= 11 is 0. The average molecular weight is 443 g/mol. The van der Waals surface area contributed by atoms with Crippen LogP contribution >= 0.6 is 0 Å². The second-order valence-corrected chi connectivity index (χ2v) is 12.7. The highest BCUT2D eigenvalue weighted by molar-refractivity contribution is 5.91. The van der Waals surface area contributed by atoms with E-state index in [-0.39, 0.29) is 23.8 Å². The molecule has 0 bridgehead atoms. The molecule has 0 aromatic rings. The van der Waals surface area contributed by atoms with Gasteiger partial charge in [-0.05, 0) is 110 Å². The van der Waals surface area contributed by atoms with Gasteiger partial charge in [0.05, 0.1) is 0 Å². The van der Waals surface area contributed by atoms with E-state index in [1.807, 2.05) is 19.9 Å². The van der Waals surface area contributed by atoms with Crippen molar-refractivity contribution < 1.29 is 14.3 Å². The van der Waals surface area contributed by atoms with E-state index in [0.717, 1.165) is 30.6 Å². The minimum atomic E-state index is -0.115. The fraction of sp³-hybridized carbons (Fsp3) is 0.862. The van der Waals surface area contributed by atoms with E-state index >= 15 is 0 Å². The molecular weight excluding hydrogens is 396 g/mol. The molecule has 4 aliphatic carbocycles. The average Bonchev–Trinajstić information content (AvgIpc) is 3.08. The maximum absolute atomic E-state index is 12.1. The van der Waals surface area contributed by atoms with Gasteiger partial charge in [-0.1, -0.05) is 40.7 Å². The maximum Gasteiger partial charge on any atom is 0.302 e. The predicted molar refractivity (Wildman–Crippen MR) is 129 cm³/mol. The highest BCUT2D eigenvalue weighted by atomic mass is 16.5. The summed E-state index contributed by atoms with van der Waals surface area (Å²) in [5.74, 6) is 4.67. The first-order valence-corrected chi connectivity index (χ1v) is 13.5. The molecule has 0 saturated heterocycles. The lowest BCUT2D eigenvalue weighted by atomic mass is 9.44. The van der Waals surface area contributed by atoms with Crippen LogP contribution in [0.1, 0.15) is 99.3 Å². The van der Waals surface area contributed by atoms with E-state index in [4.69, 9.17) is 4.74 Å². The molecule has 4 aliphatic rings. The number of rotatable bonds is 5. The lowest BCUT2D eigenvalue weighted by Gasteiger charge is -2.61. The number of hydrogen-bond acceptors (Lipinski definition) is 3. The number of allylic oxidation sites excluding steroid dienone is 2. The van der Waals surface area contributed by atoms with Crippen LogP contribution in [0.25, 0.3) is 0 Å². The highest BCUT2D eigenvalue weighted by Gasteiger charge is 2.60. The van der Waals surface area contributed by atoms with Gasteiger partial charge >= 0.3 is 5.97 Å². The second-order valence-electron chi connectivity index (χ2n) is 12.7. The summed E-state index contributed by atoms with van der Waals surface area (Å²) in [4.78, 5) is 23.6. The van der Waals surface area contributed by atoms with Crippen molar-refractivity contribution in [3.63, 3.8) is 0 Å². The summed E-state index contributed by atoms with van der Waals surface area (Å²) in [7, 11) is 0. The van der Waals surface area contributed by atoms with Crippen LogP contribution in [0, 0.1) is 52.3 Å². The predicted octanol–water partition coefficient (Wildman–Crippen LogP) is 6.99. The Kier molecular flexibility index (Phi) is 6.69. The Bertz CT molecular complexity index is 754. The van der Waals surface area contributed by atoms with Crippen molar-refractivity contribution in [1.29, 1.82) is 0 Å². The number of ether oxygens (including phenoxy) is 1. The zero-order valence-electron chi connectivity index (χ0n) is 21.4. The van der Waals surface area contributed by atoms with Crippen LogP contribution in [0.3, 0.4) is 0 Å². The molecule has 0 unspecified atom stereocenters. The van der Waals surface area contributed by atoms with Gasteiger partial charge in [-0.3, -0.25) is 9.59 Å². The van der Waals surface area contributed by atoms with Gasteiger partial charge in [0.25, 0.3) is 0 Å². The molecule has 180 valence electrons. The fourth-order valence-corrected chi connectivity index (χ4v) is 9.04. The summed E-state index contributed by atoms with van der Waals surface area (Å²) in [5.41, 5.74) is 0.845. The van der Waals surface area contributed by atoms with E-state index in [1.165, 1.54) is 44.9 Å². The Morgan fingerprint density at radius 2 is 1.59 bits per heavy atom. The van der Waals surface area contributed by atoms with Crippen molar-refractivity contribution in [1.82, 2.24) is 0 Å². The van der Waals surface area contributed by atoms with Gasteiger partial charge in [-0.2, -0.15) is 0 Å². The molecule has 9 atom stereocenters. The van der Waals surface area contributed by atoms with Gasteiger partial charge in [0.1, 0.15) is 6.10 Å². The molecule has 0 amide bonds. The van der Waals surface area contributed by atoms with E-state index in [2.05, 4.69) is 26.8 Å². The van der Waals surface area contributed by atoms with E-state index < -0.39 is 0 Å². The Morgan fingerprint density at radius 1 is 0.906 bits per heavy atom. The first kappa shape index (κ1) is 24.0. The Hall–Kier alpha value is -1.12. The summed E-state index contributed by atoms with van der Waals surface area (Å²) in [6.45, 7) is 13.0. The highest BCUT2D eigenvalue weighted by Crippen LogP contribution is 2.68. The van der Waals surface area contributed by atoms with Crippen molar-refractivity contribution in [3.8, 4) is 0 Å². The number of fused-ring (bicyclic) bond motifs is 5. The van der Waals surface area contributed by atoms with Crippen molar-refractivity contribution in [2.45, 2.75) is 105 Å². The second kappa shape index (κ2) is 8.91. The van der Waals surface area contributed by atoms with Crippen molar-refractivity contribution >= 4 is 11.8 Å². The van der Waals surface area contributed by atoms with Crippen LogP contribution in [0.4, 0.5) is 0 Å². The molecule has 32 heavy (non-hydrogen) atoms. The largest absolute Gasteiger partial charge is 0.463 e. The van der Waals surface area contributed by atoms with E-state index in [9.17, 15) is 9.59 Å². The first-order chi connectivity index (χ1) is 15.1. The molecule has 0 heterocycles. The quantitative estimate of drug-likeness (QED) is 0.340. The molecule has 0 N–H and O–H groups in total. The lowest BCUT2D eigenvalue weighted by Crippen LogP contribution is -2.54. The third kappa shape index (κ3) is 4.11. The van der Waals surface area contributed by atoms with Crippen LogP contribution in [0.5, 0.6) is 0 Å². The van der Waals surface area contributed by atoms with E-state index in [1.54, 1.807) is 6.92 Å². The molecule has 0 aromatic heterocycles. The topological polar surface area (TPSA) is 43.4 Å². The molecule has 3 nitrogen and oxygen atoms in total. The monoisotopic (exact) mass is 442 g/mol. The number of ketones is 1. The third-order valence-electron chi connectivity index (χ3n) is 10.8. The molecule has 0 aromatic carbocycles. The van der Waals surface area contributed by atoms with Gasteiger partial charge in [-0.15, -0.1) is 0 Å². The minimum absolute atomic E-state index is 0.0904. The zero-order chi connectivity index (χ0) is 23.3. The molecular formula is C29H46O3. The summed E-state index contributed by atoms with van der Waals surface area (Å²) in [6, 6.07) is 0. The number of carbonyl (C=O) groups is 2. The number of hydrogen-bond donors (Lipinski definition) is 0. The SMILES string of the molecule is CC(=O)O[C@@H]1CC[C@@]2(C)[C@@H](CC[C@@H]3[C@@H]2CC[C@]2(C)[C@@H]([C@H](C)/C=C/C(=O)C(C)C)CC[C@@H]32)C1. The number of carbonyl (C=O) groups excluding carboxylic acids is 2. The maximum atomic E-state index is 12.1. The van der Waals surface area contributed by atoms with Crippen molar-refractivity contribution in [2.75, 3.05) is 0 Å². The normalized spacial score (nSPS) is 44.6. The van der Waals surface area contributed by atoms with Gasteiger partial charge in [0.2, 0.25) is 0 Å². The summed E-state index contributed by atoms with van der Waals surface area (Å²) in [5, 5.41) is 0. The minimum Gasteiger partial charge on any atom is -0.463 e. The van der Waals surface area contributed by atoms with Crippen LogP contribution in [-0.2, 0) is 14.3 Å². The first-order valence-electron chi connectivity index (χ1n) is 13.5. The smallest absolute Gasteiger partial charge is 0.302 e. The van der Waals surface area contributed by atoms with Crippen LogP contribution in [0.2, 0.25) is 0 Å². The van der Waals surface area contributed by atoms with Crippen molar-refractivity contribution in [3.05, 3.63) is 12.2 Å². The Labute approximate surface area is 196 Å². The summed E-state index contributed by atoms with van der Waals surface area (Å²) < 4.78 is 5.63. The molecule has 4 rings (SSSR count). The standard InChI is InChI=1S/C29H46O3/c1-18(2)27(31)12-7-19(3)24-10-11-25-23-9-8-21-17-22(32-20(4)30)13-15-28(21,5)26(23)14-16-29(24,25)6/h7,12,18-19,21-26H,8-11,13-17H2,1-6H3/b12-7+/t19-,21+,22-,23+,24-,25+,26+,28+,29-/m1/s1. The van der Waals surface area contributed by atoms with Gasteiger partial charge in [0, 0.05) is 12.8 Å². The van der Waals surface area contributed by atoms with Gasteiger partial charge in [0.15, 0.2) is 5.78 Å². The van der Waals surface area contributed by atoms with Crippen LogP contribution in [0.15, 0.2) is 12.2 Å². The van der Waals surface area contributed by atoms with Gasteiger partial charge in [-0.25, -0.2) is 0 Å². The van der Waals surface area contributed by atoms with E-state index in [0.29, 0.717) is 28.6 Å². The number of esters is 1. The van der Waals surface area contributed by atoms with Crippen molar-refractivity contribution in [2.24, 2.45) is 52.3 Å².